The van der Waals surface area contributed by atoms with E-state index in [1.807, 2.05) is 7.05 Å². The third-order valence-corrected chi connectivity index (χ3v) is 2.08. The van der Waals surface area contributed by atoms with Crippen LogP contribution in [0.25, 0.3) is 11.2 Å². The number of nitrogens with zero attached hydrogens (tertiary/aromatic N) is 4. The lowest BCUT2D eigenvalue weighted by Gasteiger charge is -2.02. The molecule has 0 spiro atoms. The highest BCUT2D eigenvalue weighted by Crippen LogP contribution is 2.16. The fourth-order valence-electron chi connectivity index (χ4n) is 1.26. The van der Waals surface area contributed by atoms with Crippen molar-refractivity contribution in [2.75, 3.05) is 5.32 Å². The summed E-state index contributed by atoms with van der Waals surface area (Å²) in [5, 5.41) is 2.68. The summed E-state index contributed by atoms with van der Waals surface area (Å²) in [5.41, 5.74) is 1.32. The molecule has 15 heavy (non-hydrogen) atoms. The zero-order chi connectivity index (χ0) is 10.8. The van der Waals surface area contributed by atoms with E-state index in [0.717, 1.165) is 0 Å². The van der Waals surface area contributed by atoms with Gasteiger partial charge in [-0.1, -0.05) is 6.92 Å². The Morgan fingerprint density at radius 3 is 3.00 bits per heavy atom. The molecule has 6 nitrogen and oxygen atoms in total. The van der Waals surface area contributed by atoms with Gasteiger partial charge in [0.1, 0.15) is 6.33 Å². The van der Waals surface area contributed by atoms with E-state index in [1.54, 1.807) is 17.8 Å². The van der Waals surface area contributed by atoms with Gasteiger partial charge in [-0.2, -0.15) is 0 Å². The Kier molecular flexibility index (Phi) is 2.32. The summed E-state index contributed by atoms with van der Waals surface area (Å²) < 4.78 is 1.78. The van der Waals surface area contributed by atoms with Crippen molar-refractivity contribution in [3.63, 3.8) is 0 Å². The van der Waals surface area contributed by atoms with Crippen LogP contribution in [0, 0.1) is 0 Å². The minimum absolute atomic E-state index is 0.0827. The van der Waals surface area contributed by atoms with Crippen LogP contribution < -0.4 is 5.32 Å². The number of fused-ring (bicyclic) bond motifs is 1. The van der Waals surface area contributed by atoms with Crippen molar-refractivity contribution in [2.24, 2.45) is 7.05 Å². The van der Waals surface area contributed by atoms with Gasteiger partial charge in [-0.25, -0.2) is 15.0 Å². The molecule has 0 aromatic carbocycles. The first kappa shape index (κ1) is 9.57. The Hall–Kier alpha value is -1.98. The van der Waals surface area contributed by atoms with Crippen LogP contribution in [0.2, 0.25) is 0 Å². The molecule has 0 aliphatic rings. The summed E-state index contributed by atoms with van der Waals surface area (Å²) >= 11 is 0. The van der Waals surface area contributed by atoms with E-state index < -0.39 is 0 Å². The lowest BCUT2D eigenvalue weighted by Crippen LogP contribution is -2.11. The zero-order valence-electron chi connectivity index (χ0n) is 8.56. The van der Waals surface area contributed by atoms with E-state index >= 15 is 0 Å². The second-order valence-electron chi connectivity index (χ2n) is 3.15. The number of hydrogen-bond acceptors (Lipinski definition) is 4. The van der Waals surface area contributed by atoms with Crippen molar-refractivity contribution in [1.29, 1.82) is 0 Å². The Morgan fingerprint density at radius 2 is 2.27 bits per heavy atom. The van der Waals surface area contributed by atoms with Gasteiger partial charge in [-0.15, -0.1) is 0 Å². The fraction of sp³-hybridized carbons (Fsp3) is 0.333. The number of hydrogen-bond donors (Lipinski definition) is 1. The van der Waals surface area contributed by atoms with Crippen LogP contribution in [-0.4, -0.2) is 25.4 Å². The summed E-state index contributed by atoms with van der Waals surface area (Å²) in [4.78, 5) is 23.4. The standard InChI is InChI=1S/C9H11N5O/c1-3-6(15)13-8-7-9(11-4-10-8)14(2)5-12-7/h4-5H,3H2,1-2H3,(H,10,11,13,15). The number of amides is 1. The number of imidazole rings is 1. The predicted molar refractivity (Wildman–Crippen MR) is 55.2 cm³/mol. The van der Waals surface area contributed by atoms with Crippen LogP contribution in [-0.2, 0) is 11.8 Å². The lowest BCUT2D eigenvalue weighted by atomic mass is 10.4. The molecule has 0 unspecified atom stereocenters. The van der Waals surface area contributed by atoms with Gasteiger partial charge < -0.3 is 9.88 Å². The third-order valence-electron chi connectivity index (χ3n) is 2.08. The van der Waals surface area contributed by atoms with Crippen LogP contribution in [0.15, 0.2) is 12.7 Å². The van der Waals surface area contributed by atoms with Gasteiger partial charge >= 0.3 is 0 Å². The third kappa shape index (κ3) is 1.65. The molecule has 0 saturated heterocycles. The number of nitrogens with one attached hydrogen (secondary N) is 1. The lowest BCUT2D eigenvalue weighted by molar-refractivity contribution is -0.115. The molecule has 2 aromatic heterocycles. The number of rotatable bonds is 2. The van der Waals surface area contributed by atoms with Crippen LogP contribution in [0.3, 0.4) is 0 Å². The van der Waals surface area contributed by atoms with E-state index in [9.17, 15) is 4.79 Å². The summed E-state index contributed by atoms with van der Waals surface area (Å²) in [5.74, 6) is 0.383. The Balaban J connectivity index is 2.47. The van der Waals surface area contributed by atoms with Gasteiger partial charge in [0.25, 0.3) is 0 Å². The van der Waals surface area contributed by atoms with Crippen molar-refractivity contribution >= 4 is 22.9 Å². The average Bonchev–Trinajstić information content (AvgIpc) is 2.62. The molecule has 0 radical (unpaired) electrons. The number of aromatic nitrogens is 4. The van der Waals surface area contributed by atoms with Gasteiger partial charge in [0.15, 0.2) is 17.0 Å². The van der Waals surface area contributed by atoms with Gasteiger partial charge in [0, 0.05) is 13.5 Å². The van der Waals surface area contributed by atoms with Crippen molar-refractivity contribution in [3.05, 3.63) is 12.7 Å². The highest BCUT2D eigenvalue weighted by molar-refractivity contribution is 5.96. The van der Waals surface area contributed by atoms with E-state index in [4.69, 9.17) is 0 Å². The summed E-state index contributed by atoms with van der Waals surface area (Å²) in [6.07, 6.45) is 3.47. The highest BCUT2D eigenvalue weighted by atomic mass is 16.1. The largest absolute Gasteiger partial charge is 0.318 e. The molecule has 0 atom stereocenters. The Labute approximate surface area is 86.4 Å². The summed E-state index contributed by atoms with van der Waals surface area (Å²) in [7, 11) is 1.84. The first-order valence-electron chi connectivity index (χ1n) is 4.64. The van der Waals surface area contributed by atoms with E-state index in [1.165, 1.54) is 6.33 Å². The first-order chi connectivity index (χ1) is 7.22. The molecule has 1 amide bonds. The minimum atomic E-state index is -0.0827. The number of aryl methyl sites for hydroxylation is 1. The van der Waals surface area contributed by atoms with Crippen molar-refractivity contribution in [2.45, 2.75) is 13.3 Å². The molecule has 0 fully saturated rings. The molecule has 6 heteroatoms. The normalized spacial score (nSPS) is 10.5. The number of anilines is 1. The van der Waals surface area contributed by atoms with Gasteiger partial charge in [-0.3, -0.25) is 4.79 Å². The van der Waals surface area contributed by atoms with Gasteiger partial charge in [0.2, 0.25) is 5.91 Å². The molecule has 1 N–H and O–H groups in total. The van der Waals surface area contributed by atoms with Crippen molar-refractivity contribution in [3.8, 4) is 0 Å². The molecule has 78 valence electrons. The molecular formula is C9H11N5O. The first-order valence-corrected chi connectivity index (χ1v) is 4.64. The van der Waals surface area contributed by atoms with E-state index in [-0.39, 0.29) is 5.91 Å². The van der Waals surface area contributed by atoms with Crippen molar-refractivity contribution in [1.82, 2.24) is 19.5 Å². The molecule has 0 saturated carbocycles. The van der Waals surface area contributed by atoms with Gasteiger partial charge in [0.05, 0.1) is 6.33 Å². The summed E-state index contributed by atoms with van der Waals surface area (Å²) in [6.45, 7) is 1.78. The van der Waals surface area contributed by atoms with Gasteiger partial charge in [-0.05, 0) is 0 Å². The van der Waals surface area contributed by atoms with Crippen LogP contribution in [0.5, 0.6) is 0 Å². The van der Waals surface area contributed by atoms with Crippen LogP contribution in [0.4, 0.5) is 5.82 Å². The Morgan fingerprint density at radius 1 is 1.47 bits per heavy atom. The quantitative estimate of drug-likeness (QED) is 0.783. The van der Waals surface area contributed by atoms with E-state index in [0.29, 0.717) is 23.4 Å². The molecule has 2 rings (SSSR count). The molecule has 0 aliphatic heterocycles. The maximum Gasteiger partial charge on any atom is 0.225 e. The molecular weight excluding hydrogens is 194 g/mol. The maximum absolute atomic E-state index is 11.2. The zero-order valence-corrected chi connectivity index (χ0v) is 8.56. The van der Waals surface area contributed by atoms with Crippen LogP contribution in [0.1, 0.15) is 13.3 Å². The SMILES string of the molecule is CCC(=O)Nc1ncnc2c1ncn2C. The maximum atomic E-state index is 11.2. The molecule has 0 aliphatic carbocycles. The number of carbonyl (C=O) groups excluding carboxylic acids is 1. The second kappa shape index (κ2) is 3.64. The topological polar surface area (TPSA) is 72.7 Å². The van der Waals surface area contributed by atoms with Crippen molar-refractivity contribution < 1.29 is 4.79 Å². The minimum Gasteiger partial charge on any atom is -0.318 e. The monoisotopic (exact) mass is 205 g/mol. The fourth-order valence-corrected chi connectivity index (χ4v) is 1.26. The second-order valence-corrected chi connectivity index (χ2v) is 3.15. The smallest absolute Gasteiger partial charge is 0.225 e. The van der Waals surface area contributed by atoms with Crippen LogP contribution >= 0.6 is 0 Å². The molecule has 2 heterocycles. The molecule has 0 bridgehead atoms. The Bertz CT molecular complexity index is 504. The highest BCUT2D eigenvalue weighted by Gasteiger charge is 2.09. The summed E-state index contributed by atoms with van der Waals surface area (Å²) in [6, 6.07) is 0. The van der Waals surface area contributed by atoms with E-state index in [2.05, 4.69) is 20.3 Å². The average molecular weight is 205 g/mol. The predicted octanol–water partition coefficient (Wildman–Crippen LogP) is 0.712. The molecule has 2 aromatic rings. The number of carbonyl (C=O) groups is 1.